The van der Waals surface area contributed by atoms with E-state index in [1.807, 2.05) is 0 Å². The molecule has 2 nitrogen and oxygen atoms in total. The molecular weight excluding hydrogens is 276 g/mol. The molecule has 2 aliphatic rings. The van der Waals surface area contributed by atoms with E-state index in [1.54, 1.807) is 0 Å². The van der Waals surface area contributed by atoms with Crippen LogP contribution in [-0.2, 0) is 0 Å². The van der Waals surface area contributed by atoms with Gasteiger partial charge in [0.25, 0.3) is 0 Å². The first-order chi connectivity index (χ1) is 8.25. The van der Waals surface area contributed by atoms with Gasteiger partial charge in [0.2, 0.25) is 0 Å². The van der Waals surface area contributed by atoms with Gasteiger partial charge in [-0.2, -0.15) is 0 Å². The second-order valence-electron chi connectivity index (χ2n) is 5.22. The van der Waals surface area contributed by atoms with Crippen LogP contribution in [0.25, 0.3) is 0 Å². The lowest BCUT2D eigenvalue weighted by atomic mass is 10.1. The van der Waals surface area contributed by atoms with Crippen molar-refractivity contribution >= 4 is 21.6 Å². The zero-order valence-electron chi connectivity index (χ0n) is 10.3. The van der Waals surface area contributed by atoms with Crippen LogP contribution in [0.5, 0.6) is 0 Å². The van der Waals surface area contributed by atoms with Crippen molar-refractivity contribution < 1.29 is 0 Å². The number of halogens is 1. The smallest absolute Gasteiger partial charge is 0.0513 e. The molecule has 0 amide bonds. The molecule has 3 rings (SSSR count). The molecule has 1 aromatic rings. The van der Waals surface area contributed by atoms with Crippen molar-refractivity contribution in [2.24, 2.45) is 0 Å². The third-order valence-electron chi connectivity index (χ3n) is 3.88. The van der Waals surface area contributed by atoms with Crippen molar-refractivity contribution in [3.05, 3.63) is 28.7 Å². The molecule has 92 valence electrons. The molecular formula is C14H19BrN2. The summed E-state index contributed by atoms with van der Waals surface area (Å²) in [5, 5.41) is 0. The first-order valence-electron chi connectivity index (χ1n) is 6.51. The van der Waals surface area contributed by atoms with Crippen LogP contribution in [0.3, 0.4) is 0 Å². The highest BCUT2D eigenvalue weighted by atomic mass is 79.9. The fourth-order valence-electron chi connectivity index (χ4n) is 2.80. The maximum Gasteiger partial charge on any atom is 0.0513 e. The van der Waals surface area contributed by atoms with Crippen LogP contribution in [0, 0.1) is 0 Å². The van der Waals surface area contributed by atoms with Gasteiger partial charge >= 0.3 is 0 Å². The molecule has 1 aliphatic heterocycles. The molecule has 0 radical (unpaired) electrons. The van der Waals surface area contributed by atoms with Crippen LogP contribution in [0.15, 0.2) is 28.7 Å². The van der Waals surface area contributed by atoms with E-state index in [-0.39, 0.29) is 0 Å². The molecule has 1 aromatic carbocycles. The van der Waals surface area contributed by atoms with Gasteiger partial charge in [0, 0.05) is 36.2 Å². The predicted octanol–water partition coefficient (Wildman–Crippen LogP) is 3.12. The lowest BCUT2D eigenvalue weighted by Gasteiger charge is -2.41. The van der Waals surface area contributed by atoms with Gasteiger partial charge in [-0.1, -0.05) is 12.1 Å². The number of hydrogen-bond donors (Lipinski definition) is 0. The molecule has 1 atom stereocenters. The summed E-state index contributed by atoms with van der Waals surface area (Å²) in [6.45, 7) is 5.93. The number of anilines is 1. The minimum absolute atomic E-state index is 0.614. The van der Waals surface area contributed by atoms with E-state index in [2.05, 4.69) is 56.9 Å². The minimum atomic E-state index is 0.614. The van der Waals surface area contributed by atoms with E-state index < -0.39 is 0 Å². The molecule has 3 heteroatoms. The summed E-state index contributed by atoms with van der Waals surface area (Å²) >= 11 is 3.66. The fourth-order valence-corrected chi connectivity index (χ4v) is 3.31. The van der Waals surface area contributed by atoms with E-state index in [0.717, 1.165) is 12.6 Å². The Hall–Kier alpha value is -0.540. The highest BCUT2D eigenvalue weighted by molar-refractivity contribution is 9.10. The Morgan fingerprint density at radius 1 is 1.18 bits per heavy atom. The first-order valence-corrected chi connectivity index (χ1v) is 7.30. The average Bonchev–Trinajstić information content (AvgIpc) is 3.14. The van der Waals surface area contributed by atoms with Crippen LogP contribution in [0.1, 0.15) is 19.8 Å². The van der Waals surface area contributed by atoms with Gasteiger partial charge in [-0.3, -0.25) is 4.90 Å². The van der Waals surface area contributed by atoms with E-state index in [4.69, 9.17) is 0 Å². The highest BCUT2D eigenvalue weighted by Gasteiger charge is 2.34. The van der Waals surface area contributed by atoms with Crippen LogP contribution >= 0.6 is 15.9 Å². The van der Waals surface area contributed by atoms with Crippen molar-refractivity contribution in [1.82, 2.24) is 4.90 Å². The molecule has 2 fully saturated rings. The monoisotopic (exact) mass is 294 g/mol. The number of rotatable bonds is 2. The summed E-state index contributed by atoms with van der Waals surface area (Å²) < 4.78 is 1.21. The summed E-state index contributed by atoms with van der Waals surface area (Å²) in [6, 6.07) is 10.1. The Morgan fingerprint density at radius 2 is 1.94 bits per heavy atom. The molecule has 0 N–H and O–H groups in total. The van der Waals surface area contributed by atoms with Gasteiger partial charge in [0.15, 0.2) is 0 Å². The van der Waals surface area contributed by atoms with Gasteiger partial charge in [0.1, 0.15) is 0 Å². The fraction of sp³-hybridized carbons (Fsp3) is 0.571. The van der Waals surface area contributed by atoms with Crippen molar-refractivity contribution in [1.29, 1.82) is 0 Å². The first kappa shape index (κ1) is 11.5. The predicted molar refractivity (Wildman–Crippen MR) is 75.5 cm³/mol. The Bertz CT molecular complexity index is 403. The van der Waals surface area contributed by atoms with Crippen molar-refractivity contribution in [2.45, 2.75) is 31.8 Å². The standard InChI is InChI=1S/C14H19BrN2/c1-11-10-16(12-6-7-12)8-9-17(11)14-5-3-2-4-13(14)15/h2-5,11-12H,6-10H2,1H3. The van der Waals surface area contributed by atoms with E-state index in [9.17, 15) is 0 Å². The van der Waals surface area contributed by atoms with Crippen LogP contribution in [-0.4, -0.2) is 36.6 Å². The zero-order chi connectivity index (χ0) is 11.8. The summed E-state index contributed by atoms with van der Waals surface area (Å²) in [6.07, 6.45) is 2.84. The van der Waals surface area contributed by atoms with Crippen LogP contribution < -0.4 is 4.90 Å². The van der Waals surface area contributed by atoms with Gasteiger partial charge in [-0.05, 0) is 47.8 Å². The number of piperazine rings is 1. The lowest BCUT2D eigenvalue weighted by Crippen LogP contribution is -2.52. The minimum Gasteiger partial charge on any atom is -0.365 e. The molecule has 1 saturated heterocycles. The van der Waals surface area contributed by atoms with Gasteiger partial charge in [-0.25, -0.2) is 0 Å². The van der Waals surface area contributed by atoms with Crippen molar-refractivity contribution in [2.75, 3.05) is 24.5 Å². The summed E-state index contributed by atoms with van der Waals surface area (Å²) in [5.74, 6) is 0. The number of nitrogens with zero attached hydrogens (tertiary/aromatic N) is 2. The van der Waals surface area contributed by atoms with Gasteiger partial charge in [-0.15, -0.1) is 0 Å². The van der Waals surface area contributed by atoms with E-state index in [0.29, 0.717) is 6.04 Å². The second-order valence-corrected chi connectivity index (χ2v) is 6.07. The van der Waals surface area contributed by atoms with Crippen LogP contribution in [0.4, 0.5) is 5.69 Å². The largest absolute Gasteiger partial charge is 0.365 e. The normalized spacial score (nSPS) is 26.2. The summed E-state index contributed by atoms with van der Waals surface area (Å²) in [5.41, 5.74) is 1.34. The summed E-state index contributed by atoms with van der Waals surface area (Å²) in [7, 11) is 0. The lowest BCUT2D eigenvalue weighted by molar-refractivity contribution is 0.219. The number of para-hydroxylation sites is 1. The molecule has 0 spiro atoms. The van der Waals surface area contributed by atoms with Gasteiger partial charge < -0.3 is 4.90 Å². The maximum atomic E-state index is 3.66. The number of benzene rings is 1. The molecule has 1 saturated carbocycles. The quantitative estimate of drug-likeness (QED) is 0.827. The Labute approximate surface area is 112 Å². The number of hydrogen-bond acceptors (Lipinski definition) is 2. The third kappa shape index (κ3) is 2.36. The topological polar surface area (TPSA) is 6.48 Å². The molecule has 0 bridgehead atoms. The van der Waals surface area contributed by atoms with E-state index >= 15 is 0 Å². The molecule has 0 aromatic heterocycles. The van der Waals surface area contributed by atoms with Crippen molar-refractivity contribution in [3.63, 3.8) is 0 Å². The molecule has 1 aliphatic carbocycles. The second kappa shape index (κ2) is 4.62. The van der Waals surface area contributed by atoms with Crippen molar-refractivity contribution in [3.8, 4) is 0 Å². The van der Waals surface area contributed by atoms with E-state index in [1.165, 1.54) is 36.1 Å². The molecule has 1 unspecified atom stereocenters. The Balaban J connectivity index is 1.74. The van der Waals surface area contributed by atoms with Gasteiger partial charge in [0.05, 0.1) is 5.69 Å². The molecule has 17 heavy (non-hydrogen) atoms. The summed E-state index contributed by atoms with van der Waals surface area (Å²) in [4.78, 5) is 5.20. The SMILES string of the molecule is CC1CN(C2CC2)CCN1c1ccccc1Br. The Morgan fingerprint density at radius 3 is 2.59 bits per heavy atom. The maximum absolute atomic E-state index is 3.66. The molecule has 1 heterocycles. The third-order valence-corrected chi connectivity index (χ3v) is 4.55. The average molecular weight is 295 g/mol. The Kier molecular flexibility index (Phi) is 3.14. The van der Waals surface area contributed by atoms with Crippen LogP contribution in [0.2, 0.25) is 0 Å². The zero-order valence-corrected chi connectivity index (χ0v) is 11.9. The highest BCUT2D eigenvalue weighted by Crippen LogP contribution is 2.32.